The Morgan fingerprint density at radius 1 is 1.29 bits per heavy atom. The molecular weight excluding hydrogens is 234 g/mol. The largest absolute Gasteiger partial charge is 0.342 e. The third-order valence-electron chi connectivity index (χ3n) is 3.80. The Balaban J connectivity index is 2.05. The second-order valence-electron chi connectivity index (χ2n) is 4.94. The predicted octanol–water partition coefficient (Wildman–Crippen LogP) is 2.81. The van der Waals surface area contributed by atoms with Gasteiger partial charge < -0.3 is 4.90 Å². The molecule has 17 heavy (non-hydrogen) atoms. The Morgan fingerprint density at radius 3 is 2.41 bits per heavy atom. The summed E-state index contributed by atoms with van der Waals surface area (Å²) in [6, 6.07) is 10.6. The Bertz CT molecular complexity index is 382. The predicted molar refractivity (Wildman–Crippen MR) is 70.3 cm³/mol. The zero-order chi connectivity index (χ0) is 12.3. The average molecular weight is 252 g/mol. The van der Waals surface area contributed by atoms with Crippen molar-refractivity contribution in [3.8, 4) is 0 Å². The fourth-order valence-corrected chi connectivity index (χ4v) is 2.63. The molecule has 0 spiro atoms. The molecule has 0 aromatic heterocycles. The van der Waals surface area contributed by atoms with E-state index < -0.39 is 0 Å². The van der Waals surface area contributed by atoms with Gasteiger partial charge >= 0.3 is 0 Å². The van der Waals surface area contributed by atoms with Crippen molar-refractivity contribution in [1.29, 1.82) is 0 Å². The van der Waals surface area contributed by atoms with Crippen LogP contribution in [0.1, 0.15) is 25.3 Å². The minimum atomic E-state index is 0.0572. The van der Waals surface area contributed by atoms with E-state index in [1.807, 2.05) is 11.0 Å². The molecule has 0 atom stereocenters. The normalized spacial score (nSPS) is 19.1. The number of carbonyl (C=O) groups is 1. The summed E-state index contributed by atoms with van der Waals surface area (Å²) >= 11 is 5.58. The molecular formula is C14H18ClNO. The van der Waals surface area contributed by atoms with Crippen LogP contribution in [0.25, 0.3) is 0 Å². The molecule has 2 nitrogen and oxygen atoms in total. The third-order valence-corrected chi connectivity index (χ3v) is 4.03. The molecule has 0 unspecified atom stereocenters. The van der Waals surface area contributed by atoms with Gasteiger partial charge in [0.15, 0.2) is 0 Å². The molecule has 1 saturated heterocycles. The van der Waals surface area contributed by atoms with Crippen molar-refractivity contribution in [2.45, 2.75) is 25.2 Å². The van der Waals surface area contributed by atoms with Gasteiger partial charge in [-0.15, -0.1) is 11.6 Å². The number of rotatable bonds is 2. The van der Waals surface area contributed by atoms with E-state index in [0.29, 0.717) is 0 Å². The molecule has 1 fully saturated rings. The summed E-state index contributed by atoms with van der Waals surface area (Å²) in [4.78, 5) is 13.4. The summed E-state index contributed by atoms with van der Waals surface area (Å²) in [5.74, 6) is 0.156. The van der Waals surface area contributed by atoms with E-state index in [2.05, 4.69) is 31.2 Å². The monoisotopic (exact) mass is 251 g/mol. The Labute approximate surface area is 108 Å². The highest BCUT2D eigenvalue weighted by Gasteiger charge is 2.32. The number of likely N-dealkylation sites (tertiary alicyclic amines) is 1. The van der Waals surface area contributed by atoms with Crippen LogP contribution in [-0.2, 0) is 10.2 Å². The van der Waals surface area contributed by atoms with Crippen molar-refractivity contribution in [3.05, 3.63) is 35.9 Å². The van der Waals surface area contributed by atoms with Gasteiger partial charge in [-0.3, -0.25) is 4.79 Å². The number of hydrogen-bond donors (Lipinski definition) is 0. The topological polar surface area (TPSA) is 20.3 Å². The van der Waals surface area contributed by atoms with Crippen molar-refractivity contribution in [2.24, 2.45) is 0 Å². The maximum absolute atomic E-state index is 11.5. The molecule has 1 heterocycles. The number of nitrogens with zero attached hydrogens (tertiary/aromatic N) is 1. The molecule has 0 aliphatic carbocycles. The van der Waals surface area contributed by atoms with Gasteiger partial charge in [0, 0.05) is 13.1 Å². The van der Waals surface area contributed by atoms with Crippen molar-refractivity contribution in [1.82, 2.24) is 4.90 Å². The van der Waals surface area contributed by atoms with Crippen LogP contribution in [0.5, 0.6) is 0 Å². The van der Waals surface area contributed by atoms with Gasteiger partial charge in [0.1, 0.15) is 5.88 Å². The smallest absolute Gasteiger partial charge is 0.237 e. The molecule has 1 aromatic rings. The van der Waals surface area contributed by atoms with Crippen LogP contribution in [0.2, 0.25) is 0 Å². The molecule has 1 aliphatic rings. The minimum Gasteiger partial charge on any atom is -0.342 e. The number of carbonyl (C=O) groups excluding carboxylic acids is 1. The van der Waals surface area contributed by atoms with Gasteiger partial charge in [0.05, 0.1) is 0 Å². The standard InChI is InChI=1S/C14H18ClNO/c1-14(12-5-3-2-4-6-12)7-9-16(10-8-14)13(17)11-15/h2-6H,7-11H2,1H3. The highest BCUT2D eigenvalue weighted by atomic mass is 35.5. The summed E-state index contributed by atoms with van der Waals surface area (Å²) in [5.41, 5.74) is 1.57. The lowest BCUT2D eigenvalue weighted by atomic mass is 9.74. The number of piperidine rings is 1. The summed E-state index contributed by atoms with van der Waals surface area (Å²) in [5, 5.41) is 0. The first-order valence-corrected chi connectivity index (χ1v) is 6.58. The molecule has 92 valence electrons. The van der Waals surface area contributed by atoms with Gasteiger partial charge in [0.25, 0.3) is 0 Å². The molecule has 3 heteroatoms. The van der Waals surface area contributed by atoms with E-state index in [-0.39, 0.29) is 17.2 Å². The van der Waals surface area contributed by atoms with Gasteiger partial charge in [-0.25, -0.2) is 0 Å². The second-order valence-corrected chi connectivity index (χ2v) is 5.21. The number of hydrogen-bond acceptors (Lipinski definition) is 1. The van der Waals surface area contributed by atoms with Crippen LogP contribution in [0.3, 0.4) is 0 Å². The van der Waals surface area contributed by atoms with Crippen molar-refractivity contribution in [2.75, 3.05) is 19.0 Å². The Hall–Kier alpha value is -1.02. The highest BCUT2D eigenvalue weighted by molar-refractivity contribution is 6.27. The van der Waals surface area contributed by atoms with Crippen LogP contribution in [0.4, 0.5) is 0 Å². The SMILES string of the molecule is CC1(c2ccccc2)CCN(C(=O)CCl)CC1. The van der Waals surface area contributed by atoms with Gasteiger partial charge in [-0.1, -0.05) is 37.3 Å². The lowest BCUT2D eigenvalue weighted by Crippen LogP contribution is -2.44. The van der Waals surface area contributed by atoms with E-state index in [4.69, 9.17) is 11.6 Å². The quantitative estimate of drug-likeness (QED) is 0.741. The molecule has 0 N–H and O–H groups in total. The van der Waals surface area contributed by atoms with Gasteiger partial charge in [-0.2, -0.15) is 0 Å². The molecule has 0 saturated carbocycles. The maximum atomic E-state index is 11.5. The molecule has 2 rings (SSSR count). The first-order valence-electron chi connectivity index (χ1n) is 6.05. The van der Waals surface area contributed by atoms with Crippen molar-refractivity contribution < 1.29 is 4.79 Å². The Kier molecular flexibility index (Phi) is 3.72. The van der Waals surface area contributed by atoms with Crippen molar-refractivity contribution in [3.63, 3.8) is 0 Å². The van der Waals surface area contributed by atoms with Gasteiger partial charge in [-0.05, 0) is 23.8 Å². The molecule has 1 aromatic carbocycles. The number of alkyl halides is 1. The Morgan fingerprint density at radius 2 is 1.88 bits per heavy atom. The first-order chi connectivity index (χ1) is 8.15. The van der Waals surface area contributed by atoms with Crippen LogP contribution in [0.15, 0.2) is 30.3 Å². The van der Waals surface area contributed by atoms with E-state index in [1.165, 1.54) is 5.56 Å². The van der Waals surface area contributed by atoms with Crippen LogP contribution in [-0.4, -0.2) is 29.8 Å². The zero-order valence-electron chi connectivity index (χ0n) is 10.2. The molecule has 1 aliphatic heterocycles. The van der Waals surface area contributed by atoms with Crippen molar-refractivity contribution >= 4 is 17.5 Å². The molecule has 0 radical (unpaired) electrons. The lowest BCUT2D eigenvalue weighted by molar-refractivity contribution is -0.130. The summed E-state index contributed by atoms with van der Waals surface area (Å²) in [6.45, 7) is 3.92. The fourth-order valence-electron chi connectivity index (χ4n) is 2.46. The molecule has 1 amide bonds. The van der Waals surface area contributed by atoms with E-state index in [0.717, 1.165) is 25.9 Å². The molecule has 0 bridgehead atoms. The summed E-state index contributed by atoms with van der Waals surface area (Å²) in [7, 11) is 0. The number of amides is 1. The number of benzene rings is 1. The maximum Gasteiger partial charge on any atom is 0.237 e. The van der Waals surface area contributed by atoms with E-state index in [1.54, 1.807) is 0 Å². The fraction of sp³-hybridized carbons (Fsp3) is 0.500. The average Bonchev–Trinajstić information content (AvgIpc) is 2.40. The van der Waals surface area contributed by atoms with E-state index in [9.17, 15) is 4.79 Å². The highest BCUT2D eigenvalue weighted by Crippen LogP contribution is 2.34. The second kappa shape index (κ2) is 5.09. The van der Waals surface area contributed by atoms with Crippen LogP contribution < -0.4 is 0 Å². The number of halogens is 1. The summed E-state index contributed by atoms with van der Waals surface area (Å²) in [6.07, 6.45) is 2.03. The minimum absolute atomic E-state index is 0.0572. The summed E-state index contributed by atoms with van der Waals surface area (Å²) < 4.78 is 0. The van der Waals surface area contributed by atoms with Crippen LogP contribution in [0, 0.1) is 0 Å². The third kappa shape index (κ3) is 2.63. The lowest BCUT2D eigenvalue weighted by Gasteiger charge is -2.39. The zero-order valence-corrected chi connectivity index (χ0v) is 10.9. The first kappa shape index (κ1) is 12.4. The van der Waals surface area contributed by atoms with Gasteiger partial charge in [0.2, 0.25) is 5.91 Å². The van der Waals surface area contributed by atoms with Crippen LogP contribution >= 0.6 is 11.6 Å². The van der Waals surface area contributed by atoms with E-state index >= 15 is 0 Å².